The molecule has 22 heavy (non-hydrogen) atoms. The SMILES string of the molecule is CC1CCNC(C(=O)NC(C)CN(C)Cc2ccccc2)C1. The van der Waals surface area contributed by atoms with Crippen LogP contribution in [0, 0.1) is 5.92 Å². The van der Waals surface area contributed by atoms with Crippen LogP contribution in [0.1, 0.15) is 32.3 Å². The van der Waals surface area contributed by atoms with Crippen molar-refractivity contribution in [3.63, 3.8) is 0 Å². The monoisotopic (exact) mass is 303 g/mol. The Morgan fingerprint density at radius 1 is 1.41 bits per heavy atom. The lowest BCUT2D eigenvalue weighted by atomic mass is 9.94. The summed E-state index contributed by atoms with van der Waals surface area (Å²) in [6.45, 7) is 6.99. The topological polar surface area (TPSA) is 44.4 Å². The van der Waals surface area contributed by atoms with Crippen molar-refractivity contribution in [3.05, 3.63) is 35.9 Å². The summed E-state index contributed by atoms with van der Waals surface area (Å²) < 4.78 is 0. The number of hydrogen-bond donors (Lipinski definition) is 2. The molecule has 0 radical (unpaired) electrons. The Kier molecular flexibility index (Phi) is 6.40. The zero-order valence-electron chi connectivity index (χ0n) is 14.0. The van der Waals surface area contributed by atoms with Crippen molar-refractivity contribution in [1.82, 2.24) is 15.5 Å². The van der Waals surface area contributed by atoms with E-state index in [1.54, 1.807) is 0 Å². The number of likely N-dealkylation sites (N-methyl/N-ethyl adjacent to an activating group) is 1. The first-order valence-electron chi connectivity index (χ1n) is 8.31. The molecule has 1 aromatic rings. The van der Waals surface area contributed by atoms with Gasteiger partial charge in [-0.2, -0.15) is 0 Å². The fraction of sp³-hybridized carbons (Fsp3) is 0.611. The lowest BCUT2D eigenvalue weighted by molar-refractivity contribution is -0.124. The van der Waals surface area contributed by atoms with E-state index in [4.69, 9.17) is 0 Å². The molecule has 1 aliphatic heterocycles. The Morgan fingerprint density at radius 3 is 2.82 bits per heavy atom. The smallest absolute Gasteiger partial charge is 0.237 e. The Balaban J connectivity index is 1.74. The van der Waals surface area contributed by atoms with Crippen molar-refractivity contribution >= 4 is 5.91 Å². The van der Waals surface area contributed by atoms with Gasteiger partial charge in [0.2, 0.25) is 5.91 Å². The van der Waals surface area contributed by atoms with Gasteiger partial charge in [-0.3, -0.25) is 4.79 Å². The van der Waals surface area contributed by atoms with Crippen LogP contribution in [0.2, 0.25) is 0 Å². The third kappa shape index (κ3) is 5.43. The van der Waals surface area contributed by atoms with Gasteiger partial charge in [0.25, 0.3) is 0 Å². The number of amides is 1. The zero-order chi connectivity index (χ0) is 15.9. The fourth-order valence-corrected chi connectivity index (χ4v) is 3.12. The van der Waals surface area contributed by atoms with Gasteiger partial charge in [-0.15, -0.1) is 0 Å². The van der Waals surface area contributed by atoms with Crippen LogP contribution in [0.15, 0.2) is 30.3 Å². The van der Waals surface area contributed by atoms with Gasteiger partial charge in [0.1, 0.15) is 0 Å². The van der Waals surface area contributed by atoms with Gasteiger partial charge in [-0.25, -0.2) is 0 Å². The van der Waals surface area contributed by atoms with Gasteiger partial charge < -0.3 is 15.5 Å². The molecule has 1 aliphatic rings. The highest BCUT2D eigenvalue weighted by molar-refractivity contribution is 5.82. The third-order valence-corrected chi connectivity index (χ3v) is 4.25. The van der Waals surface area contributed by atoms with Crippen LogP contribution in [-0.2, 0) is 11.3 Å². The molecule has 1 aromatic carbocycles. The van der Waals surface area contributed by atoms with E-state index >= 15 is 0 Å². The van der Waals surface area contributed by atoms with Gasteiger partial charge in [0.05, 0.1) is 6.04 Å². The summed E-state index contributed by atoms with van der Waals surface area (Å²) >= 11 is 0. The largest absolute Gasteiger partial charge is 0.351 e. The minimum atomic E-state index is -0.0226. The van der Waals surface area contributed by atoms with Crippen molar-refractivity contribution in [2.24, 2.45) is 5.92 Å². The molecular weight excluding hydrogens is 274 g/mol. The molecule has 3 atom stereocenters. The molecule has 0 bridgehead atoms. The van der Waals surface area contributed by atoms with Crippen molar-refractivity contribution in [1.29, 1.82) is 0 Å². The molecular formula is C18H29N3O. The molecule has 4 heteroatoms. The van der Waals surface area contributed by atoms with E-state index in [0.29, 0.717) is 5.92 Å². The highest BCUT2D eigenvalue weighted by atomic mass is 16.2. The maximum Gasteiger partial charge on any atom is 0.237 e. The van der Waals surface area contributed by atoms with Crippen molar-refractivity contribution < 1.29 is 4.79 Å². The number of carbonyl (C=O) groups excluding carboxylic acids is 1. The maximum absolute atomic E-state index is 12.3. The van der Waals surface area contributed by atoms with E-state index in [1.165, 1.54) is 12.0 Å². The highest BCUT2D eigenvalue weighted by Gasteiger charge is 2.25. The summed E-state index contributed by atoms with van der Waals surface area (Å²) in [5.74, 6) is 0.778. The predicted octanol–water partition coefficient (Wildman–Crippen LogP) is 2.01. The summed E-state index contributed by atoms with van der Waals surface area (Å²) in [6.07, 6.45) is 2.11. The molecule has 2 rings (SSSR count). The van der Waals surface area contributed by atoms with Crippen LogP contribution in [-0.4, -0.2) is 43.0 Å². The molecule has 2 N–H and O–H groups in total. The molecule has 0 aromatic heterocycles. The van der Waals surface area contributed by atoms with Gasteiger partial charge in [0.15, 0.2) is 0 Å². The lowest BCUT2D eigenvalue weighted by Crippen LogP contribution is -2.52. The minimum Gasteiger partial charge on any atom is -0.351 e. The van der Waals surface area contributed by atoms with Crippen molar-refractivity contribution in [2.75, 3.05) is 20.1 Å². The Morgan fingerprint density at radius 2 is 2.14 bits per heavy atom. The van der Waals surface area contributed by atoms with Crippen LogP contribution in [0.3, 0.4) is 0 Å². The van der Waals surface area contributed by atoms with Crippen LogP contribution in [0.5, 0.6) is 0 Å². The van der Waals surface area contributed by atoms with E-state index in [2.05, 4.69) is 60.7 Å². The van der Waals surface area contributed by atoms with Crippen LogP contribution in [0.25, 0.3) is 0 Å². The third-order valence-electron chi connectivity index (χ3n) is 4.25. The van der Waals surface area contributed by atoms with Gasteiger partial charge in [-0.05, 0) is 44.8 Å². The van der Waals surface area contributed by atoms with Crippen LogP contribution in [0.4, 0.5) is 0 Å². The summed E-state index contributed by atoms with van der Waals surface area (Å²) in [4.78, 5) is 14.5. The number of nitrogens with zero attached hydrogens (tertiary/aromatic N) is 1. The molecule has 0 saturated carbocycles. The van der Waals surface area contributed by atoms with E-state index in [0.717, 1.165) is 26.1 Å². The highest BCUT2D eigenvalue weighted by Crippen LogP contribution is 2.15. The Hall–Kier alpha value is -1.39. The van der Waals surface area contributed by atoms with E-state index in [-0.39, 0.29) is 18.0 Å². The molecule has 3 unspecified atom stereocenters. The molecule has 122 valence electrons. The Bertz CT molecular complexity index is 463. The summed E-state index contributed by atoms with van der Waals surface area (Å²) in [5, 5.41) is 6.47. The van der Waals surface area contributed by atoms with Crippen LogP contribution >= 0.6 is 0 Å². The summed E-state index contributed by atoms with van der Waals surface area (Å²) in [6, 6.07) is 10.5. The number of hydrogen-bond acceptors (Lipinski definition) is 3. The molecule has 1 amide bonds. The molecule has 0 aliphatic carbocycles. The molecule has 0 spiro atoms. The zero-order valence-corrected chi connectivity index (χ0v) is 14.0. The molecule has 1 heterocycles. The predicted molar refractivity (Wildman–Crippen MR) is 90.6 cm³/mol. The first kappa shape index (κ1) is 17.0. The number of benzene rings is 1. The van der Waals surface area contributed by atoms with Gasteiger partial charge in [-0.1, -0.05) is 37.3 Å². The second-order valence-electron chi connectivity index (χ2n) is 6.73. The lowest BCUT2D eigenvalue weighted by Gasteiger charge is -2.29. The van der Waals surface area contributed by atoms with Crippen molar-refractivity contribution in [3.8, 4) is 0 Å². The molecule has 1 fully saturated rings. The standard InChI is InChI=1S/C18H29N3O/c1-14-9-10-19-17(11-14)18(22)20-15(2)12-21(3)13-16-7-5-4-6-8-16/h4-8,14-15,17,19H,9-13H2,1-3H3,(H,20,22). The Labute approximate surface area is 134 Å². The average Bonchev–Trinajstić information content (AvgIpc) is 2.47. The minimum absolute atomic E-state index is 0.0226. The average molecular weight is 303 g/mol. The van der Waals surface area contributed by atoms with Crippen molar-refractivity contribution in [2.45, 2.75) is 45.3 Å². The second-order valence-corrected chi connectivity index (χ2v) is 6.73. The molecule has 4 nitrogen and oxygen atoms in total. The van der Waals surface area contributed by atoms with Crippen LogP contribution < -0.4 is 10.6 Å². The fourth-order valence-electron chi connectivity index (χ4n) is 3.12. The molecule has 1 saturated heterocycles. The summed E-state index contributed by atoms with van der Waals surface area (Å²) in [5.41, 5.74) is 1.30. The maximum atomic E-state index is 12.3. The number of piperidine rings is 1. The normalized spacial score (nSPS) is 23.3. The first-order valence-corrected chi connectivity index (χ1v) is 8.31. The van der Waals surface area contributed by atoms with E-state index < -0.39 is 0 Å². The van der Waals surface area contributed by atoms with Gasteiger partial charge in [0, 0.05) is 19.1 Å². The van der Waals surface area contributed by atoms with E-state index in [9.17, 15) is 4.79 Å². The van der Waals surface area contributed by atoms with E-state index in [1.807, 2.05) is 6.07 Å². The first-order chi connectivity index (χ1) is 10.5. The quantitative estimate of drug-likeness (QED) is 0.845. The number of carbonyl (C=O) groups is 1. The number of rotatable bonds is 6. The summed E-state index contributed by atoms with van der Waals surface area (Å²) in [7, 11) is 2.09. The number of nitrogens with one attached hydrogen (secondary N) is 2. The van der Waals surface area contributed by atoms with Gasteiger partial charge >= 0.3 is 0 Å². The second kappa shape index (κ2) is 8.30.